The number of fused-ring (bicyclic) bond motifs is 1. The van der Waals surface area contributed by atoms with E-state index in [0.717, 1.165) is 37.7 Å². The number of carbonyl (C=O) groups excluding carboxylic acids is 1. The van der Waals surface area contributed by atoms with E-state index in [0.29, 0.717) is 17.9 Å². The molecule has 2 aromatic carbocycles. The fourth-order valence-electron chi connectivity index (χ4n) is 3.80. The van der Waals surface area contributed by atoms with Crippen LogP contribution in [0.1, 0.15) is 61.6 Å². The number of aryl methyl sites for hydroxylation is 2. The summed E-state index contributed by atoms with van der Waals surface area (Å²) in [7, 11) is 1.59. The third kappa shape index (κ3) is 5.62. The molecule has 3 aromatic rings. The monoisotopic (exact) mass is 407 g/mol. The van der Waals surface area contributed by atoms with E-state index in [1.165, 1.54) is 30.6 Å². The second kappa shape index (κ2) is 11.4. The van der Waals surface area contributed by atoms with Gasteiger partial charge in [0.1, 0.15) is 11.6 Å². The maximum Gasteiger partial charge on any atom is 0.255 e. The number of imidazole rings is 1. The molecule has 0 saturated carbocycles. The Hall–Kier alpha value is -2.82. The minimum Gasteiger partial charge on any atom is -0.496 e. The standard InChI is InChI=1S/C25H33N3O2/c1-3-4-12-19-28-22-15-9-8-14-21(22)27-24(28)17-6-5-11-18-26-25(29)20-13-7-10-16-23(20)30-2/h7-10,13-16H,3-6,11-12,17-19H2,1-2H3,(H,26,29). The summed E-state index contributed by atoms with van der Waals surface area (Å²) in [5, 5.41) is 3.00. The molecular formula is C25H33N3O2. The SMILES string of the molecule is CCCCCn1c(CCCCCNC(=O)c2ccccc2OC)nc2ccccc21. The van der Waals surface area contributed by atoms with E-state index in [2.05, 4.69) is 41.1 Å². The summed E-state index contributed by atoms with van der Waals surface area (Å²) in [6.45, 7) is 3.95. The zero-order chi connectivity index (χ0) is 21.2. The highest BCUT2D eigenvalue weighted by Gasteiger charge is 2.11. The number of benzene rings is 2. The number of rotatable bonds is 12. The largest absolute Gasteiger partial charge is 0.496 e. The highest BCUT2D eigenvalue weighted by Crippen LogP contribution is 2.19. The number of para-hydroxylation sites is 3. The summed E-state index contributed by atoms with van der Waals surface area (Å²) in [6, 6.07) is 15.7. The maximum atomic E-state index is 12.3. The van der Waals surface area contributed by atoms with Crippen molar-refractivity contribution in [3.05, 3.63) is 59.9 Å². The Morgan fingerprint density at radius 2 is 1.80 bits per heavy atom. The first-order valence-electron chi connectivity index (χ1n) is 11.1. The Balaban J connectivity index is 1.47. The summed E-state index contributed by atoms with van der Waals surface area (Å²) >= 11 is 0. The fourth-order valence-corrected chi connectivity index (χ4v) is 3.80. The van der Waals surface area contributed by atoms with Crippen molar-refractivity contribution in [3.8, 4) is 5.75 Å². The Kier molecular flexibility index (Phi) is 8.30. The number of methoxy groups -OCH3 is 1. The number of nitrogens with zero attached hydrogens (tertiary/aromatic N) is 2. The molecule has 0 aliphatic carbocycles. The smallest absolute Gasteiger partial charge is 0.255 e. The van der Waals surface area contributed by atoms with Crippen LogP contribution >= 0.6 is 0 Å². The molecule has 5 nitrogen and oxygen atoms in total. The van der Waals surface area contributed by atoms with E-state index in [1.54, 1.807) is 13.2 Å². The van der Waals surface area contributed by atoms with Crippen LogP contribution in [0.2, 0.25) is 0 Å². The van der Waals surface area contributed by atoms with E-state index >= 15 is 0 Å². The Bertz CT molecular complexity index is 948. The second-order valence-corrected chi connectivity index (χ2v) is 7.64. The molecule has 0 saturated heterocycles. The van der Waals surface area contributed by atoms with E-state index in [4.69, 9.17) is 9.72 Å². The molecule has 1 heterocycles. The Labute approximate surface area is 179 Å². The minimum atomic E-state index is -0.0785. The number of ether oxygens (including phenoxy) is 1. The van der Waals surface area contributed by atoms with Crippen LogP contribution in [0, 0.1) is 0 Å². The molecule has 1 amide bonds. The molecule has 3 rings (SSSR count). The van der Waals surface area contributed by atoms with Gasteiger partial charge < -0.3 is 14.6 Å². The highest BCUT2D eigenvalue weighted by molar-refractivity contribution is 5.96. The lowest BCUT2D eigenvalue weighted by Gasteiger charge is -2.10. The van der Waals surface area contributed by atoms with E-state index in [-0.39, 0.29) is 5.91 Å². The van der Waals surface area contributed by atoms with Crippen molar-refractivity contribution in [2.45, 2.75) is 58.4 Å². The van der Waals surface area contributed by atoms with Crippen molar-refractivity contribution in [1.29, 1.82) is 0 Å². The molecule has 0 aliphatic rings. The average molecular weight is 408 g/mol. The van der Waals surface area contributed by atoms with Gasteiger partial charge in [-0.05, 0) is 43.5 Å². The number of nitrogens with one attached hydrogen (secondary N) is 1. The van der Waals surface area contributed by atoms with Crippen molar-refractivity contribution in [3.63, 3.8) is 0 Å². The van der Waals surface area contributed by atoms with Crippen LogP contribution in [0.3, 0.4) is 0 Å². The van der Waals surface area contributed by atoms with Crippen molar-refractivity contribution >= 4 is 16.9 Å². The number of hydrogen-bond acceptors (Lipinski definition) is 3. The molecule has 0 bridgehead atoms. The number of hydrogen-bond donors (Lipinski definition) is 1. The number of amides is 1. The summed E-state index contributed by atoms with van der Waals surface area (Å²) in [4.78, 5) is 17.2. The summed E-state index contributed by atoms with van der Waals surface area (Å²) < 4.78 is 7.66. The molecule has 0 radical (unpaired) electrons. The van der Waals surface area contributed by atoms with Gasteiger partial charge in [-0.2, -0.15) is 0 Å². The first-order chi connectivity index (χ1) is 14.7. The van der Waals surface area contributed by atoms with Crippen LogP contribution in [-0.4, -0.2) is 29.1 Å². The van der Waals surface area contributed by atoms with Crippen LogP contribution in [0.25, 0.3) is 11.0 Å². The van der Waals surface area contributed by atoms with Gasteiger partial charge in [-0.25, -0.2) is 4.98 Å². The molecule has 5 heteroatoms. The third-order valence-corrected chi connectivity index (χ3v) is 5.43. The first-order valence-corrected chi connectivity index (χ1v) is 11.1. The Morgan fingerprint density at radius 1 is 1.00 bits per heavy atom. The summed E-state index contributed by atoms with van der Waals surface area (Å²) in [5.41, 5.74) is 2.92. The Morgan fingerprint density at radius 3 is 2.63 bits per heavy atom. The third-order valence-electron chi connectivity index (χ3n) is 5.43. The van der Waals surface area contributed by atoms with Crippen molar-refractivity contribution in [2.24, 2.45) is 0 Å². The molecule has 1 N–H and O–H groups in total. The normalized spacial score (nSPS) is 11.0. The maximum absolute atomic E-state index is 12.3. The zero-order valence-corrected chi connectivity index (χ0v) is 18.2. The summed E-state index contributed by atoms with van der Waals surface area (Å²) in [6.07, 6.45) is 7.73. The average Bonchev–Trinajstić information content (AvgIpc) is 3.13. The van der Waals surface area contributed by atoms with Gasteiger partial charge >= 0.3 is 0 Å². The minimum absolute atomic E-state index is 0.0785. The van der Waals surface area contributed by atoms with E-state index in [1.807, 2.05) is 18.2 Å². The molecule has 0 unspecified atom stereocenters. The predicted octanol–water partition coefficient (Wildman–Crippen LogP) is 5.38. The molecule has 0 atom stereocenters. The first kappa shape index (κ1) is 21.9. The van der Waals surface area contributed by atoms with Crippen LogP contribution < -0.4 is 10.1 Å². The molecule has 0 spiro atoms. The molecule has 0 aliphatic heterocycles. The van der Waals surface area contributed by atoms with Crippen LogP contribution in [0.4, 0.5) is 0 Å². The molecule has 1 aromatic heterocycles. The van der Waals surface area contributed by atoms with Crippen molar-refractivity contribution in [1.82, 2.24) is 14.9 Å². The summed E-state index contributed by atoms with van der Waals surface area (Å²) in [5.74, 6) is 1.72. The van der Waals surface area contributed by atoms with Gasteiger partial charge in [0.05, 0.1) is 23.7 Å². The van der Waals surface area contributed by atoms with Gasteiger partial charge in [-0.1, -0.05) is 50.5 Å². The number of aromatic nitrogens is 2. The van der Waals surface area contributed by atoms with E-state index < -0.39 is 0 Å². The van der Waals surface area contributed by atoms with Gasteiger partial charge in [-0.3, -0.25) is 4.79 Å². The van der Waals surface area contributed by atoms with Crippen LogP contribution in [0.15, 0.2) is 48.5 Å². The van der Waals surface area contributed by atoms with Gasteiger partial charge in [0.15, 0.2) is 0 Å². The van der Waals surface area contributed by atoms with Gasteiger partial charge in [-0.15, -0.1) is 0 Å². The van der Waals surface area contributed by atoms with Crippen molar-refractivity contribution < 1.29 is 9.53 Å². The fraction of sp³-hybridized carbons (Fsp3) is 0.440. The zero-order valence-electron chi connectivity index (χ0n) is 18.2. The second-order valence-electron chi connectivity index (χ2n) is 7.64. The number of carbonyl (C=O) groups is 1. The van der Waals surface area contributed by atoms with Crippen LogP contribution in [0.5, 0.6) is 5.75 Å². The molecule has 0 fully saturated rings. The van der Waals surface area contributed by atoms with Crippen LogP contribution in [-0.2, 0) is 13.0 Å². The van der Waals surface area contributed by atoms with Gasteiger partial charge in [0.2, 0.25) is 0 Å². The van der Waals surface area contributed by atoms with Crippen molar-refractivity contribution in [2.75, 3.05) is 13.7 Å². The lowest BCUT2D eigenvalue weighted by atomic mass is 10.1. The topological polar surface area (TPSA) is 56.2 Å². The van der Waals surface area contributed by atoms with Gasteiger partial charge in [0.25, 0.3) is 5.91 Å². The van der Waals surface area contributed by atoms with Gasteiger partial charge in [0, 0.05) is 19.5 Å². The lowest BCUT2D eigenvalue weighted by molar-refractivity contribution is 0.0950. The molecule has 160 valence electrons. The predicted molar refractivity (Wildman–Crippen MR) is 122 cm³/mol. The highest BCUT2D eigenvalue weighted by atomic mass is 16.5. The molecule has 30 heavy (non-hydrogen) atoms. The van der Waals surface area contributed by atoms with E-state index in [9.17, 15) is 4.79 Å². The lowest BCUT2D eigenvalue weighted by Crippen LogP contribution is -2.24. The number of unbranched alkanes of at least 4 members (excludes halogenated alkanes) is 4. The quantitative estimate of drug-likeness (QED) is 0.410. The molecular weight excluding hydrogens is 374 g/mol.